The lowest BCUT2D eigenvalue weighted by Crippen LogP contribution is -2.39. The Morgan fingerprint density at radius 1 is 1.29 bits per heavy atom. The molecule has 0 N–H and O–H groups in total. The first kappa shape index (κ1) is 16.3. The van der Waals surface area contributed by atoms with Crippen molar-refractivity contribution in [3.63, 3.8) is 0 Å². The summed E-state index contributed by atoms with van der Waals surface area (Å²) in [7, 11) is 3.27. The summed E-state index contributed by atoms with van der Waals surface area (Å²) < 4.78 is 11.5. The summed E-state index contributed by atoms with van der Waals surface area (Å²) in [5, 5.41) is 0. The fourth-order valence-electron chi connectivity index (χ4n) is 2.89. The van der Waals surface area contributed by atoms with Crippen molar-refractivity contribution in [1.82, 2.24) is 23.1 Å². The fourth-order valence-corrected chi connectivity index (χ4v) is 2.89. The predicted molar refractivity (Wildman–Crippen MR) is 91.6 cm³/mol. The minimum absolute atomic E-state index is 0.245. The molecule has 24 heavy (non-hydrogen) atoms. The number of nitrogens with zero attached hydrogens (tertiary/aromatic N) is 5. The van der Waals surface area contributed by atoms with Crippen LogP contribution in [-0.4, -0.2) is 36.8 Å². The third kappa shape index (κ3) is 2.30. The van der Waals surface area contributed by atoms with E-state index >= 15 is 0 Å². The van der Waals surface area contributed by atoms with Crippen molar-refractivity contribution in [1.29, 1.82) is 0 Å². The van der Waals surface area contributed by atoms with Gasteiger partial charge in [-0.05, 0) is 13.8 Å². The topological polar surface area (TPSA) is 75.5 Å². The molecule has 128 valence electrons. The Bertz CT molecular complexity index is 1050. The van der Waals surface area contributed by atoms with E-state index < -0.39 is 0 Å². The molecule has 3 heterocycles. The normalized spacial score (nSPS) is 12.2. The Morgan fingerprint density at radius 2 is 2.04 bits per heavy atom. The number of hydrogen-bond donors (Lipinski definition) is 0. The Kier molecular flexibility index (Phi) is 4.15. The number of fused-ring (bicyclic) bond motifs is 3. The van der Waals surface area contributed by atoms with Crippen LogP contribution in [0, 0.1) is 6.92 Å². The van der Waals surface area contributed by atoms with Gasteiger partial charge in [-0.25, -0.2) is 4.79 Å². The number of allylic oxidation sites excluding steroid dienone is 2. The van der Waals surface area contributed by atoms with Gasteiger partial charge in [0.15, 0.2) is 11.2 Å². The van der Waals surface area contributed by atoms with Crippen LogP contribution in [-0.2, 0) is 24.9 Å². The lowest BCUT2D eigenvalue weighted by molar-refractivity contribution is 0.187. The first-order valence-corrected chi connectivity index (χ1v) is 7.79. The van der Waals surface area contributed by atoms with Gasteiger partial charge < -0.3 is 9.30 Å². The minimum atomic E-state index is -0.369. The van der Waals surface area contributed by atoms with Gasteiger partial charge in [0.2, 0.25) is 5.78 Å². The summed E-state index contributed by atoms with van der Waals surface area (Å²) in [6.45, 7) is 5.22. The van der Waals surface area contributed by atoms with Gasteiger partial charge in [0.25, 0.3) is 5.56 Å². The lowest BCUT2D eigenvalue weighted by atomic mass is 10.4. The van der Waals surface area contributed by atoms with E-state index in [-0.39, 0.29) is 17.8 Å². The Labute approximate surface area is 138 Å². The van der Waals surface area contributed by atoms with Crippen molar-refractivity contribution < 1.29 is 4.74 Å². The second-order valence-electron chi connectivity index (χ2n) is 5.70. The maximum Gasteiger partial charge on any atom is 0.332 e. The number of rotatable bonds is 5. The van der Waals surface area contributed by atoms with Crippen molar-refractivity contribution in [2.24, 2.45) is 7.05 Å². The van der Waals surface area contributed by atoms with Gasteiger partial charge >= 0.3 is 5.69 Å². The molecule has 0 unspecified atom stereocenters. The molecule has 0 aliphatic rings. The number of aromatic nitrogens is 5. The van der Waals surface area contributed by atoms with E-state index in [0.29, 0.717) is 30.1 Å². The molecule has 0 bridgehead atoms. The van der Waals surface area contributed by atoms with E-state index in [2.05, 4.69) is 4.98 Å². The molecule has 0 aliphatic heterocycles. The molecule has 0 spiro atoms. The molecule has 0 saturated heterocycles. The van der Waals surface area contributed by atoms with E-state index in [9.17, 15) is 9.59 Å². The van der Waals surface area contributed by atoms with Crippen LogP contribution in [0.15, 0.2) is 27.9 Å². The molecule has 8 nitrogen and oxygen atoms in total. The van der Waals surface area contributed by atoms with Gasteiger partial charge in [-0.3, -0.25) is 18.3 Å². The number of hydrogen-bond acceptors (Lipinski definition) is 4. The van der Waals surface area contributed by atoms with E-state index in [0.717, 1.165) is 5.69 Å². The van der Waals surface area contributed by atoms with Crippen LogP contribution in [0.3, 0.4) is 0 Å². The zero-order valence-corrected chi connectivity index (χ0v) is 14.3. The maximum atomic E-state index is 12.8. The van der Waals surface area contributed by atoms with Gasteiger partial charge in [-0.15, -0.1) is 0 Å². The van der Waals surface area contributed by atoms with Crippen LogP contribution in [0.4, 0.5) is 0 Å². The molecule has 0 saturated carbocycles. The fraction of sp³-hybridized carbons (Fsp3) is 0.438. The quantitative estimate of drug-likeness (QED) is 0.644. The third-order valence-corrected chi connectivity index (χ3v) is 4.18. The first-order valence-electron chi connectivity index (χ1n) is 7.79. The number of ether oxygens (including phenoxy) is 1. The van der Waals surface area contributed by atoms with Crippen LogP contribution in [0.1, 0.15) is 12.6 Å². The van der Waals surface area contributed by atoms with Crippen molar-refractivity contribution in [2.45, 2.75) is 26.9 Å². The largest absolute Gasteiger partial charge is 0.383 e. The molecular formula is C16H21N5O3. The second-order valence-corrected chi connectivity index (χ2v) is 5.70. The van der Waals surface area contributed by atoms with E-state index in [1.807, 2.05) is 30.7 Å². The van der Waals surface area contributed by atoms with Crippen molar-refractivity contribution in [3.8, 4) is 0 Å². The zero-order chi connectivity index (χ0) is 17.4. The summed E-state index contributed by atoms with van der Waals surface area (Å²) >= 11 is 0. The average molecular weight is 331 g/mol. The molecular weight excluding hydrogens is 310 g/mol. The lowest BCUT2D eigenvalue weighted by Gasteiger charge is -2.05. The summed E-state index contributed by atoms with van der Waals surface area (Å²) in [5.74, 6) is 0.635. The minimum Gasteiger partial charge on any atom is -0.383 e. The second kappa shape index (κ2) is 6.12. The summed E-state index contributed by atoms with van der Waals surface area (Å²) in [4.78, 5) is 29.8. The molecule has 3 aromatic heterocycles. The highest BCUT2D eigenvalue weighted by Gasteiger charge is 2.19. The van der Waals surface area contributed by atoms with Gasteiger partial charge in [-0.1, -0.05) is 12.2 Å². The monoisotopic (exact) mass is 331 g/mol. The van der Waals surface area contributed by atoms with Gasteiger partial charge in [-0.2, -0.15) is 4.98 Å². The number of methoxy groups -OCH3 is 1. The highest BCUT2D eigenvalue weighted by atomic mass is 16.5. The molecule has 3 aromatic rings. The SMILES string of the molecule is C/C=C\Cn1c(=O)c2c(nc3n(CCOC)c(C)cn23)n(C)c1=O. The molecule has 0 amide bonds. The molecule has 0 atom stereocenters. The Hall–Kier alpha value is -2.61. The summed E-state index contributed by atoms with van der Waals surface area (Å²) in [5.41, 5.74) is 1.08. The molecule has 0 aliphatic carbocycles. The summed E-state index contributed by atoms with van der Waals surface area (Å²) in [6, 6.07) is 0. The van der Waals surface area contributed by atoms with Crippen LogP contribution in [0.5, 0.6) is 0 Å². The third-order valence-electron chi connectivity index (χ3n) is 4.18. The zero-order valence-electron chi connectivity index (χ0n) is 14.3. The van der Waals surface area contributed by atoms with Crippen molar-refractivity contribution in [3.05, 3.63) is 44.9 Å². The van der Waals surface area contributed by atoms with Crippen LogP contribution < -0.4 is 11.2 Å². The highest BCUT2D eigenvalue weighted by Crippen LogP contribution is 2.16. The maximum absolute atomic E-state index is 12.8. The van der Waals surface area contributed by atoms with E-state index in [4.69, 9.17) is 4.74 Å². The van der Waals surface area contributed by atoms with Gasteiger partial charge in [0, 0.05) is 39.1 Å². The van der Waals surface area contributed by atoms with Crippen LogP contribution in [0.25, 0.3) is 16.9 Å². The van der Waals surface area contributed by atoms with Crippen LogP contribution >= 0.6 is 0 Å². The highest BCUT2D eigenvalue weighted by molar-refractivity contribution is 5.75. The standard InChI is InChI=1S/C16H21N5O3/c1-5-6-7-20-14(22)12-13(18(3)16(20)23)17-15-19(8-9-24-4)11(2)10-21(12)15/h5-6,10H,7-9H2,1-4H3/b6-5-. The Balaban J connectivity index is 2.37. The molecule has 3 rings (SSSR count). The van der Waals surface area contributed by atoms with E-state index in [1.54, 1.807) is 24.6 Å². The Morgan fingerprint density at radius 3 is 2.71 bits per heavy atom. The molecule has 0 radical (unpaired) electrons. The number of imidazole rings is 2. The molecule has 0 fully saturated rings. The smallest absolute Gasteiger partial charge is 0.332 e. The van der Waals surface area contributed by atoms with Gasteiger partial charge in [0.05, 0.1) is 6.61 Å². The van der Waals surface area contributed by atoms with Crippen molar-refractivity contribution >= 4 is 16.9 Å². The summed E-state index contributed by atoms with van der Waals surface area (Å²) in [6.07, 6.45) is 5.46. The predicted octanol–water partition coefficient (Wildman–Crippen LogP) is 0.680. The number of aryl methyl sites for hydroxylation is 2. The molecule has 0 aromatic carbocycles. The average Bonchev–Trinajstić information content (AvgIpc) is 3.06. The van der Waals surface area contributed by atoms with Crippen molar-refractivity contribution in [2.75, 3.05) is 13.7 Å². The van der Waals surface area contributed by atoms with E-state index in [1.165, 1.54) is 9.13 Å². The molecule has 8 heteroatoms. The first-order chi connectivity index (χ1) is 11.5. The van der Waals surface area contributed by atoms with Gasteiger partial charge in [0.1, 0.15) is 0 Å². The van der Waals surface area contributed by atoms with Crippen LogP contribution in [0.2, 0.25) is 0 Å².